The van der Waals surface area contributed by atoms with Gasteiger partial charge in [0.05, 0.1) is 15.1 Å². The van der Waals surface area contributed by atoms with Crippen molar-refractivity contribution >= 4 is 42.6 Å². The molecule has 0 spiro atoms. The second kappa shape index (κ2) is 8.33. The standard InChI is InChI=1S/C23H27N3O3S2/c1-14-10-17(4)21-20(11-14)30-23(24-21)25-22(27)18-5-7-19(8-6-18)31(28,29)26-12-15(2)9-16(3)13-26/h5-8,10-11,15-16H,9,12-13H2,1-4H3,(H,24,25,27)/t15-,16+. The zero-order valence-electron chi connectivity index (χ0n) is 18.2. The second-order valence-electron chi connectivity index (χ2n) is 8.69. The van der Waals surface area contributed by atoms with Gasteiger partial charge in [-0.1, -0.05) is 31.3 Å². The molecule has 1 aromatic heterocycles. The third-order valence-corrected chi connectivity index (χ3v) is 8.40. The molecule has 0 bridgehead atoms. The molecule has 3 aromatic rings. The number of nitrogens with zero attached hydrogens (tertiary/aromatic N) is 2. The van der Waals surface area contributed by atoms with Crippen molar-refractivity contribution in [1.29, 1.82) is 0 Å². The number of piperidine rings is 1. The minimum absolute atomic E-state index is 0.219. The molecule has 0 unspecified atom stereocenters. The number of aryl methyl sites for hydroxylation is 2. The molecule has 1 aliphatic heterocycles. The van der Waals surface area contributed by atoms with Crippen LogP contribution in [0.3, 0.4) is 0 Å². The number of rotatable bonds is 4. The smallest absolute Gasteiger partial charge is 0.257 e. The molecule has 164 valence electrons. The molecule has 1 N–H and O–H groups in total. The first-order valence-corrected chi connectivity index (χ1v) is 12.7. The molecule has 0 radical (unpaired) electrons. The minimum Gasteiger partial charge on any atom is -0.298 e. The fourth-order valence-corrected chi connectivity index (χ4v) is 7.04. The Labute approximate surface area is 187 Å². The first kappa shape index (κ1) is 21.9. The fourth-order valence-electron chi connectivity index (χ4n) is 4.32. The predicted molar refractivity (Wildman–Crippen MR) is 125 cm³/mol. The number of carbonyl (C=O) groups is 1. The number of amides is 1. The van der Waals surface area contributed by atoms with Gasteiger partial charge >= 0.3 is 0 Å². The van der Waals surface area contributed by atoms with Crippen molar-refractivity contribution in [2.24, 2.45) is 11.8 Å². The van der Waals surface area contributed by atoms with Crippen molar-refractivity contribution in [3.8, 4) is 0 Å². The van der Waals surface area contributed by atoms with Crippen LogP contribution in [0.2, 0.25) is 0 Å². The molecule has 4 rings (SSSR count). The Bertz CT molecular complexity index is 1220. The Morgan fingerprint density at radius 3 is 2.39 bits per heavy atom. The summed E-state index contributed by atoms with van der Waals surface area (Å²) in [6.07, 6.45) is 1.04. The molecule has 2 atom stereocenters. The Balaban J connectivity index is 1.51. The average Bonchev–Trinajstić information content (AvgIpc) is 3.10. The van der Waals surface area contributed by atoms with Crippen molar-refractivity contribution in [2.75, 3.05) is 18.4 Å². The van der Waals surface area contributed by atoms with Crippen molar-refractivity contribution in [1.82, 2.24) is 9.29 Å². The van der Waals surface area contributed by atoms with Gasteiger partial charge in [0.15, 0.2) is 5.13 Å². The van der Waals surface area contributed by atoms with Gasteiger partial charge in [0.25, 0.3) is 5.91 Å². The van der Waals surface area contributed by atoms with Crippen molar-refractivity contribution < 1.29 is 13.2 Å². The number of nitrogens with one attached hydrogen (secondary N) is 1. The van der Waals surface area contributed by atoms with Gasteiger partial charge in [-0.2, -0.15) is 4.31 Å². The summed E-state index contributed by atoms with van der Waals surface area (Å²) in [6, 6.07) is 10.3. The number of hydrogen-bond acceptors (Lipinski definition) is 5. The summed E-state index contributed by atoms with van der Waals surface area (Å²) in [4.78, 5) is 17.4. The van der Waals surface area contributed by atoms with Gasteiger partial charge in [0.1, 0.15) is 0 Å². The zero-order valence-corrected chi connectivity index (χ0v) is 19.8. The van der Waals surface area contributed by atoms with E-state index in [-0.39, 0.29) is 10.8 Å². The van der Waals surface area contributed by atoms with Crippen LogP contribution in [0, 0.1) is 25.7 Å². The largest absolute Gasteiger partial charge is 0.298 e. The summed E-state index contributed by atoms with van der Waals surface area (Å²) in [6.45, 7) is 9.26. The van der Waals surface area contributed by atoms with Crippen LogP contribution in [0.1, 0.15) is 41.8 Å². The predicted octanol–water partition coefficient (Wildman–Crippen LogP) is 4.83. The lowest BCUT2D eigenvalue weighted by Crippen LogP contribution is -2.42. The number of benzene rings is 2. The maximum Gasteiger partial charge on any atom is 0.257 e. The monoisotopic (exact) mass is 457 g/mol. The van der Waals surface area contributed by atoms with E-state index in [0.29, 0.717) is 35.6 Å². The summed E-state index contributed by atoms with van der Waals surface area (Å²) < 4.78 is 28.6. The summed E-state index contributed by atoms with van der Waals surface area (Å²) in [5.41, 5.74) is 3.51. The third kappa shape index (κ3) is 4.51. The van der Waals surface area contributed by atoms with E-state index in [1.807, 2.05) is 13.8 Å². The molecule has 0 saturated carbocycles. The van der Waals surface area contributed by atoms with Crippen LogP contribution >= 0.6 is 11.3 Å². The van der Waals surface area contributed by atoms with Crippen molar-refractivity contribution in [3.05, 3.63) is 53.1 Å². The number of aromatic nitrogens is 1. The zero-order chi connectivity index (χ0) is 22.3. The first-order chi connectivity index (χ1) is 14.6. The quantitative estimate of drug-likeness (QED) is 0.608. The van der Waals surface area contributed by atoms with E-state index in [0.717, 1.165) is 27.8 Å². The lowest BCUT2D eigenvalue weighted by molar-refractivity contribution is 0.102. The molecule has 1 saturated heterocycles. The summed E-state index contributed by atoms with van der Waals surface area (Å²) in [5, 5.41) is 3.37. The molecule has 2 aromatic carbocycles. The lowest BCUT2D eigenvalue weighted by atomic mass is 9.94. The lowest BCUT2D eigenvalue weighted by Gasteiger charge is -2.34. The van der Waals surface area contributed by atoms with Crippen molar-refractivity contribution in [3.63, 3.8) is 0 Å². The van der Waals surface area contributed by atoms with E-state index in [2.05, 4.69) is 36.3 Å². The number of fused-ring (bicyclic) bond motifs is 1. The van der Waals surface area contributed by atoms with Gasteiger partial charge in [-0.15, -0.1) is 0 Å². The van der Waals surface area contributed by atoms with Crippen LogP contribution in [-0.2, 0) is 10.0 Å². The molecule has 8 heteroatoms. The van der Waals surface area contributed by atoms with Crippen LogP contribution in [0.4, 0.5) is 5.13 Å². The number of sulfonamides is 1. The fraction of sp³-hybridized carbons (Fsp3) is 0.391. The first-order valence-electron chi connectivity index (χ1n) is 10.4. The van der Waals surface area contributed by atoms with Crippen LogP contribution in [0.25, 0.3) is 10.2 Å². The molecular weight excluding hydrogens is 430 g/mol. The van der Waals surface area contributed by atoms with E-state index in [9.17, 15) is 13.2 Å². The van der Waals surface area contributed by atoms with E-state index < -0.39 is 10.0 Å². The summed E-state index contributed by atoms with van der Waals surface area (Å²) in [5.74, 6) is 0.368. The molecule has 2 heterocycles. The van der Waals surface area contributed by atoms with Gasteiger partial charge in [-0.05, 0) is 73.6 Å². The van der Waals surface area contributed by atoms with Gasteiger partial charge in [-0.25, -0.2) is 13.4 Å². The maximum atomic E-state index is 13.0. The molecule has 6 nitrogen and oxygen atoms in total. The Kier molecular flexibility index (Phi) is 5.89. The summed E-state index contributed by atoms with van der Waals surface area (Å²) in [7, 11) is -3.56. The summed E-state index contributed by atoms with van der Waals surface area (Å²) >= 11 is 1.43. The average molecular weight is 458 g/mol. The van der Waals surface area contributed by atoms with Gasteiger partial charge in [-0.3, -0.25) is 10.1 Å². The Morgan fingerprint density at radius 2 is 1.74 bits per heavy atom. The SMILES string of the molecule is Cc1cc(C)c2nc(NC(=O)c3ccc(S(=O)(=O)N4C[C@H](C)C[C@H](C)C4)cc3)sc2c1. The molecule has 1 aliphatic rings. The van der Waals surface area contributed by atoms with E-state index >= 15 is 0 Å². The topological polar surface area (TPSA) is 79.4 Å². The van der Waals surface area contributed by atoms with Crippen LogP contribution in [-0.4, -0.2) is 36.7 Å². The van der Waals surface area contributed by atoms with Crippen LogP contribution < -0.4 is 5.32 Å². The van der Waals surface area contributed by atoms with Crippen molar-refractivity contribution in [2.45, 2.75) is 39.0 Å². The Morgan fingerprint density at radius 1 is 1.10 bits per heavy atom. The highest BCUT2D eigenvalue weighted by Gasteiger charge is 2.31. The van der Waals surface area contributed by atoms with Gasteiger partial charge < -0.3 is 0 Å². The molecule has 1 amide bonds. The third-order valence-electron chi connectivity index (χ3n) is 5.64. The minimum atomic E-state index is -3.56. The second-order valence-corrected chi connectivity index (χ2v) is 11.7. The van der Waals surface area contributed by atoms with E-state index in [4.69, 9.17) is 0 Å². The van der Waals surface area contributed by atoms with E-state index in [1.54, 1.807) is 16.4 Å². The highest BCUT2D eigenvalue weighted by atomic mass is 32.2. The molecule has 0 aliphatic carbocycles. The highest BCUT2D eigenvalue weighted by Crippen LogP contribution is 2.30. The van der Waals surface area contributed by atoms with Crippen LogP contribution in [0.15, 0.2) is 41.3 Å². The number of hydrogen-bond donors (Lipinski definition) is 1. The maximum absolute atomic E-state index is 13.0. The Hall–Kier alpha value is -2.29. The number of anilines is 1. The number of thiazole rings is 1. The molecule has 1 fully saturated rings. The van der Waals surface area contributed by atoms with Crippen LogP contribution in [0.5, 0.6) is 0 Å². The highest BCUT2D eigenvalue weighted by molar-refractivity contribution is 7.89. The molecule has 31 heavy (non-hydrogen) atoms. The normalized spacial score (nSPS) is 20.1. The molecular formula is C23H27N3O3S2. The van der Waals surface area contributed by atoms with Gasteiger partial charge in [0.2, 0.25) is 10.0 Å². The van der Waals surface area contributed by atoms with E-state index in [1.165, 1.54) is 23.5 Å². The van der Waals surface area contributed by atoms with Gasteiger partial charge in [0, 0.05) is 18.7 Å². The number of carbonyl (C=O) groups excluding carboxylic acids is 1.